The van der Waals surface area contributed by atoms with Crippen LogP contribution in [-0.2, 0) is 93.2 Å². The Labute approximate surface area is 408 Å². The first-order valence-corrected chi connectivity index (χ1v) is 22.9. The van der Waals surface area contributed by atoms with Crippen LogP contribution in [0.4, 0.5) is 0 Å². The van der Waals surface area contributed by atoms with E-state index in [1.165, 1.54) is 6.92 Å². The fourth-order valence-electron chi connectivity index (χ4n) is 6.51. The van der Waals surface area contributed by atoms with Gasteiger partial charge in [0.25, 0.3) is 0 Å². The fraction of sp³-hybridized carbons (Fsp3) is 0.385. The largest absolute Gasteiger partial charge is 0.465 e. The maximum atomic E-state index is 14.2. The Morgan fingerprint density at radius 3 is 0.957 bits per heavy atom. The summed E-state index contributed by atoms with van der Waals surface area (Å²) in [6.07, 6.45) is 0.722. The predicted molar refractivity (Wildman–Crippen MR) is 253 cm³/mol. The molecule has 0 saturated heterocycles. The summed E-state index contributed by atoms with van der Waals surface area (Å²) in [6.45, 7) is -0.543. The van der Waals surface area contributed by atoms with Gasteiger partial charge in [0, 0.05) is 39.5 Å². The first-order chi connectivity index (χ1) is 33.9. The SMILES string of the molecule is CCCC(=O)OCCN(CCN(CCOC(C)=O)CC(=O)N(CC(=O)OCc1ccccc1)CC(=O)OCc1ccccc1)CC(=O)N(CC(=O)OCc1ccccc1)CC(=O)OCc1ccccc1. The van der Waals surface area contributed by atoms with Crippen LogP contribution in [0.5, 0.6) is 0 Å². The van der Waals surface area contributed by atoms with Crippen LogP contribution in [0.1, 0.15) is 48.9 Å². The number of esters is 6. The van der Waals surface area contributed by atoms with Crippen molar-refractivity contribution in [2.45, 2.75) is 53.1 Å². The number of hydrogen-bond donors (Lipinski definition) is 0. The van der Waals surface area contributed by atoms with Crippen molar-refractivity contribution in [1.82, 2.24) is 19.6 Å². The molecule has 0 bridgehead atoms. The fourth-order valence-corrected chi connectivity index (χ4v) is 6.51. The third-order valence-electron chi connectivity index (χ3n) is 10.2. The Balaban J connectivity index is 1.52. The van der Waals surface area contributed by atoms with Gasteiger partial charge in [-0.1, -0.05) is 128 Å². The zero-order valence-electron chi connectivity index (χ0n) is 39.8. The first-order valence-electron chi connectivity index (χ1n) is 22.9. The minimum absolute atomic E-state index is 0.00990. The van der Waals surface area contributed by atoms with E-state index in [1.807, 2.05) is 31.2 Å². The molecule has 4 rings (SSSR count). The highest BCUT2D eigenvalue weighted by atomic mass is 16.6. The van der Waals surface area contributed by atoms with Gasteiger partial charge in [0.2, 0.25) is 11.8 Å². The van der Waals surface area contributed by atoms with Crippen molar-refractivity contribution < 1.29 is 66.8 Å². The molecule has 2 amide bonds. The molecule has 70 heavy (non-hydrogen) atoms. The molecule has 0 aliphatic carbocycles. The topological polar surface area (TPSA) is 205 Å². The Hall–Kier alpha value is -7.44. The van der Waals surface area contributed by atoms with E-state index in [0.717, 1.165) is 9.80 Å². The zero-order valence-corrected chi connectivity index (χ0v) is 39.8. The minimum Gasteiger partial charge on any atom is -0.465 e. The Morgan fingerprint density at radius 2 is 0.671 bits per heavy atom. The molecule has 0 aromatic heterocycles. The van der Waals surface area contributed by atoms with Gasteiger partial charge in [-0.2, -0.15) is 0 Å². The van der Waals surface area contributed by atoms with Gasteiger partial charge in [-0.05, 0) is 28.7 Å². The summed E-state index contributed by atoms with van der Waals surface area (Å²) in [5.74, 6) is -5.46. The van der Waals surface area contributed by atoms with Gasteiger partial charge in [-0.15, -0.1) is 0 Å². The van der Waals surface area contributed by atoms with Crippen molar-refractivity contribution in [1.29, 1.82) is 0 Å². The highest BCUT2D eigenvalue weighted by molar-refractivity contribution is 5.88. The van der Waals surface area contributed by atoms with Gasteiger partial charge in [-0.3, -0.25) is 48.2 Å². The molecule has 374 valence electrons. The third-order valence-corrected chi connectivity index (χ3v) is 10.2. The maximum Gasteiger partial charge on any atom is 0.325 e. The molecule has 18 nitrogen and oxygen atoms in total. The second kappa shape index (κ2) is 31.6. The van der Waals surface area contributed by atoms with Crippen LogP contribution in [0.2, 0.25) is 0 Å². The summed E-state index contributed by atoms with van der Waals surface area (Å²) in [7, 11) is 0. The van der Waals surface area contributed by atoms with Crippen molar-refractivity contribution in [2.75, 3.05) is 78.7 Å². The van der Waals surface area contributed by atoms with Crippen molar-refractivity contribution in [3.05, 3.63) is 144 Å². The number of nitrogens with zero attached hydrogens (tertiary/aromatic N) is 4. The lowest BCUT2D eigenvalue weighted by Gasteiger charge is -2.30. The molecule has 0 spiro atoms. The molecule has 0 heterocycles. The molecule has 0 saturated carbocycles. The average molecular weight is 967 g/mol. The van der Waals surface area contributed by atoms with Crippen LogP contribution in [0.3, 0.4) is 0 Å². The number of amides is 2. The van der Waals surface area contributed by atoms with Crippen molar-refractivity contribution in [3.63, 3.8) is 0 Å². The van der Waals surface area contributed by atoms with Gasteiger partial charge in [-0.25, -0.2) is 0 Å². The summed E-state index contributed by atoms with van der Waals surface area (Å²) in [4.78, 5) is 110. The van der Waals surface area contributed by atoms with E-state index in [0.29, 0.717) is 28.7 Å². The number of carbonyl (C=O) groups excluding carboxylic acids is 8. The van der Waals surface area contributed by atoms with E-state index in [-0.39, 0.29) is 85.3 Å². The number of hydrogen-bond acceptors (Lipinski definition) is 16. The summed E-state index contributed by atoms with van der Waals surface area (Å²) in [6, 6.07) is 35.7. The molecule has 0 radical (unpaired) electrons. The van der Waals surface area contributed by atoms with Gasteiger partial charge >= 0.3 is 35.8 Å². The molecule has 18 heteroatoms. The average Bonchev–Trinajstić information content (AvgIpc) is 3.36. The molecule has 0 fully saturated rings. The Kier molecular flexibility index (Phi) is 24.9. The molecule has 0 atom stereocenters. The standard InChI is InChI=1S/C52H62N4O14/c1-3-16-48(60)66-30-28-54(32-47(59)56(35-51(63)69-39-44-21-12-6-13-22-44)36-52(64)70-40-45-23-14-7-15-24-45)26-25-53(27-29-65-41(2)57)31-46(58)55(33-49(61)67-37-42-17-8-4-9-18-42)34-50(62)68-38-43-19-10-5-11-20-43/h4-15,17-24H,3,16,25-40H2,1-2H3. The van der Waals surface area contributed by atoms with Gasteiger partial charge in [0.1, 0.15) is 65.8 Å². The van der Waals surface area contributed by atoms with E-state index < -0.39 is 73.8 Å². The van der Waals surface area contributed by atoms with Crippen molar-refractivity contribution in [2.24, 2.45) is 0 Å². The zero-order chi connectivity index (χ0) is 50.4. The summed E-state index contributed by atoms with van der Waals surface area (Å²) in [5, 5.41) is 0. The molecule has 0 unspecified atom stereocenters. The van der Waals surface area contributed by atoms with Gasteiger partial charge < -0.3 is 38.2 Å². The number of benzene rings is 4. The Morgan fingerprint density at radius 1 is 0.371 bits per heavy atom. The number of rotatable bonds is 31. The first kappa shape index (κ1) is 55.2. The van der Waals surface area contributed by atoms with Crippen LogP contribution in [-0.4, -0.2) is 146 Å². The molecule has 4 aromatic rings. The van der Waals surface area contributed by atoms with Crippen LogP contribution in [0.25, 0.3) is 0 Å². The molecule has 0 aliphatic heterocycles. The Bertz CT molecular complexity index is 2140. The second-order valence-electron chi connectivity index (χ2n) is 15.9. The van der Waals surface area contributed by atoms with Gasteiger partial charge in [0.15, 0.2) is 0 Å². The molecular weight excluding hydrogens is 905 g/mol. The van der Waals surface area contributed by atoms with Crippen LogP contribution in [0.15, 0.2) is 121 Å². The second-order valence-corrected chi connectivity index (χ2v) is 15.9. The van der Waals surface area contributed by atoms with Crippen LogP contribution >= 0.6 is 0 Å². The van der Waals surface area contributed by atoms with Crippen LogP contribution < -0.4 is 0 Å². The number of carbonyl (C=O) groups is 8. The smallest absolute Gasteiger partial charge is 0.325 e. The van der Waals surface area contributed by atoms with Crippen molar-refractivity contribution in [3.8, 4) is 0 Å². The summed E-state index contributed by atoms with van der Waals surface area (Å²) >= 11 is 0. The lowest BCUT2D eigenvalue weighted by atomic mass is 10.2. The highest BCUT2D eigenvalue weighted by Crippen LogP contribution is 2.09. The predicted octanol–water partition coefficient (Wildman–Crippen LogP) is 4.13. The van der Waals surface area contributed by atoms with E-state index in [2.05, 4.69) is 0 Å². The molecule has 4 aromatic carbocycles. The van der Waals surface area contributed by atoms with E-state index >= 15 is 0 Å². The quantitative estimate of drug-likeness (QED) is 0.0514. The molecule has 0 aliphatic rings. The monoisotopic (exact) mass is 966 g/mol. The maximum absolute atomic E-state index is 14.2. The highest BCUT2D eigenvalue weighted by Gasteiger charge is 2.27. The molecular formula is C52H62N4O14. The van der Waals surface area contributed by atoms with Crippen LogP contribution in [0, 0.1) is 0 Å². The van der Waals surface area contributed by atoms with E-state index in [1.54, 1.807) is 107 Å². The molecule has 0 N–H and O–H groups in total. The van der Waals surface area contributed by atoms with E-state index in [4.69, 9.17) is 28.4 Å². The van der Waals surface area contributed by atoms with E-state index in [9.17, 15) is 38.4 Å². The summed E-state index contributed by atoms with van der Waals surface area (Å²) in [5.41, 5.74) is 2.85. The van der Waals surface area contributed by atoms with Gasteiger partial charge in [0.05, 0.1) is 13.1 Å². The summed E-state index contributed by atoms with van der Waals surface area (Å²) < 4.78 is 32.4. The normalized spacial score (nSPS) is 10.7. The van der Waals surface area contributed by atoms with Crippen molar-refractivity contribution >= 4 is 47.6 Å². The minimum atomic E-state index is -0.778. The third kappa shape index (κ3) is 23.0. The lowest BCUT2D eigenvalue weighted by Crippen LogP contribution is -2.49. The number of ether oxygens (including phenoxy) is 6. The lowest BCUT2D eigenvalue weighted by molar-refractivity contribution is -0.156.